The minimum Gasteiger partial charge on any atom is -0.478 e. The van der Waals surface area contributed by atoms with E-state index in [0.29, 0.717) is 11.1 Å². The van der Waals surface area contributed by atoms with Gasteiger partial charge in [0.1, 0.15) is 0 Å². The molecule has 0 atom stereocenters. The quantitative estimate of drug-likeness (QED) is 0.784. The third kappa shape index (κ3) is 2.46. The van der Waals surface area contributed by atoms with E-state index in [0.717, 1.165) is 11.2 Å². The first kappa shape index (κ1) is 13.2. The number of benzene rings is 2. The fraction of sp³-hybridized carbons (Fsp3) is 0.0556. The minimum absolute atomic E-state index is 0.313. The maximum atomic E-state index is 11.2. The topological polar surface area (TPSA) is 42.2 Å². The zero-order chi connectivity index (χ0) is 14.8. The summed E-state index contributed by atoms with van der Waals surface area (Å²) in [6, 6.07) is 17.2. The van der Waals surface area contributed by atoms with E-state index in [4.69, 9.17) is 0 Å². The van der Waals surface area contributed by atoms with Crippen molar-refractivity contribution in [2.45, 2.75) is 0 Å². The number of aryl methyl sites for hydroxylation is 1. The Labute approximate surface area is 122 Å². The highest BCUT2D eigenvalue weighted by Gasteiger charge is 2.07. The largest absolute Gasteiger partial charge is 0.478 e. The Bertz CT molecular complexity index is 843. The number of aromatic nitrogens is 1. The first-order chi connectivity index (χ1) is 10.2. The summed E-state index contributed by atoms with van der Waals surface area (Å²) in [6.45, 7) is 0. The van der Waals surface area contributed by atoms with Gasteiger partial charge in [-0.25, -0.2) is 4.79 Å². The molecule has 104 valence electrons. The second-order valence-corrected chi connectivity index (χ2v) is 4.91. The van der Waals surface area contributed by atoms with Crippen molar-refractivity contribution in [3.8, 4) is 0 Å². The average molecular weight is 277 g/mol. The number of fused-ring (bicyclic) bond motifs is 1. The number of nitrogens with zero attached hydrogens (tertiary/aromatic N) is 1. The van der Waals surface area contributed by atoms with Gasteiger partial charge in [-0.3, -0.25) is 0 Å². The molecule has 0 radical (unpaired) electrons. The molecule has 3 nitrogen and oxygen atoms in total. The molecule has 0 aliphatic rings. The monoisotopic (exact) mass is 277 g/mol. The van der Waals surface area contributed by atoms with E-state index in [1.165, 1.54) is 5.39 Å². The van der Waals surface area contributed by atoms with Crippen molar-refractivity contribution in [2.24, 2.45) is 7.05 Å². The van der Waals surface area contributed by atoms with Crippen LogP contribution in [0.2, 0.25) is 0 Å². The van der Waals surface area contributed by atoms with Gasteiger partial charge in [0.25, 0.3) is 0 Å². The summed E-state index contributed by atoms with van der Waals surface area (Å²) >= 11 is 0. The van der Waals surface area contributed by atoms with Crippen LogP contribution in [-0.4, -0.2) is 15.6 Å². The van der Waals surface area contributed by atoms with Crippen molar-refractivity contribution in [3.05, 3.63) is 71.4 Å². The average Bonchev–Trinajstić information content (AvgIpc) is 2.82. The molecule has 3 rings (SSSR count). The van der Waals surface area contributed by atoms with Crippen LogP contribution in [0.5, 0.6) is 0 Å². The van der Waals surface area contributed by atoms with Gasteiger partial charge >= 0.3 is 5.97 Å². The van der Waals surface area contributed by atoms with Crippen molar-refractivity contribution in [3.63, 3.8) is 0 Å². The van der Waals surface area contributed by atoms with Gasteiger partial charge in [0.2, 0.25) is 0 Å². The Morgan fingerprint density at radius 2 is 1.76 bits per heavy atom. The molecular weight excluding hydrogens is 262 g/mol. The lowest BCUT2D eigenvalue weighted by molar-refractivity contribution is 0.0696. The normalized spacial score (nSPS) is 11.3. The number of carboxylic acids is 1. The van der Waals surface area contributed by atoms with Gasteiger partial charge in [-0.15, -0.1) is 0 Å². The van der Waals surface area contributed by atoms with E-state index in [1.54, 1.807) is 12.1 Å². The fourth-order valence-electron chi connectivity index (χ4n) is 2.48. The van der Waals surface area contributed by atoms with Crippen LogP contribution >= 0.6 is 0 Å². The van der Waals surface area contributed by atoms with E-state index < -0.39 is 5.97 Å². The standard InChI is InChI=1S/C18H15NO2/c1-19-15(12-14-7-3-5-9-17(14)19)11-10-13-6-2-4-8-16(13)18(20)21/h2-12H,1H3,(H,20,21). The molecule has 0 bridgehead atoms. The Morgan fingerprint density at radius 3 is 2.52 bits per heavy atom. The zero-order valence-electron chi connectivity index (χ0n) is 11.7. The molecule has 0 saturated heterocycles. The number of rotatable bonds is 3. The van der Waals surface area contributed by atoms with E-state index >= 15 is 0 Å². The summed E-state index contributed by atoms with van der Waals surface area (Å²) < 4.78 is 2.09. The molecule has 1 heterocycles. The van der Waals surface area contributed by atoms with Crippen molar-refractivity contribution in [2.75, 3.05) is 0 Å². The summed E-state index contributed by atoms with van der Waals surface area (Å²) in [4.78, 5) is 11.2. The Morgan fingerprint density at radius 1 is 1.05 bits per heavy atom. The molecule has 0 aliphatic heterocycles. The maximum absolute atomic E-state index is 11.2. The van der Waals surface area contributed by atoms with Gasteiger partial charge in [-0.05, 0) is 29.8 Å². The van der Waals surface area contributed by atoms with E-state index in [1.807, 2.05) is 43.5 Å². The molecule has 0 unspecified atom stereocenters. The van der Waals surface area contributed by atoms with Gasteiger partial charge in [0.05, 0.1) is 5.56 Å². The predicted octanol–water partition coefficient (Wildman–Crippen LogP) is 4.05. The number of aromatic carboxylic acids is 1. The Hall–Kier alpha value is -2.81. The molecule has 0 saturated carbocycles. The number of para-hydroxylation sites is 1. The summed E-state index contributed by atoms with van der Waals surface area (Å²) in [5, 5.41) is 10.4. The summed E-state index contributed by atoms with van der Waals surface area (Å²) in [5.41, 5.74) is 3.21. The van der Waals surface area contributed by atoms with E-state index in [-0.39, 0.29) is 0 Å². The lowest BCUT2D eigenvalue weighted by Gasteiger charge is -2.01. The molecule has 0 spiro atoms. The lowest BCUT2D eigenvalue weighted by Crippen LogP contribution is -1.98. The molecule has 2 aromatic carbocycles. The Balaban J connectivity index is 2.02. The highest BCUT2D eigenvalue weighted by atomic mass is 16.4. The molecule has 3 aromatic rings. The first-order valence-corrected chi connectivity index (χ1v) is 6.71. The molecule has 21 heavy (non-hydrogen) atoms. The van der Waals surface area contributed by atoms with Crippen molar-refractivity contribution in [1.82, 2.24) is 4.57 Å². The van der Waals surface area contributed by atoms with Crippen molar-refractivity contribution >= 4 is 29.0 Å². The smallest absolute Gasteiger partial charge is 0.336 e. The number of carbonyl (C=O) groups is 1. The SMILES string of the molecule is Cn1c(C=Cc2ccccc2C(=O)O)cc2ccccc21. The summed E-state index contributed by atoms with van der Waals surface area (Å²) in [6.07, 6.45) is 3.79. The van der Waals surface area contributed by atoms with Gasteiger partial charge < -0.3 is 9.67 Å². The molecule has 0 amide bonds. The predicted molar refractivity (Wildman–Crippen MR) is 85.2 cm³/mol. The third-order valence-corrected chi connectivity index (χ3v) is 3.61. The number of hydrogen-bond donors (Lipinski definition) is 1. The highest BCUT2D eigenvalue weighted by molar-refractivity contribution is 5.94. The molecule has 0 fully saturated rings. The third-order valence-electron chi connectivity index (χ3n) is 3.61. The molecule has 3 heteroatoms. The number of hydrogen-bond acceptors (Lipinski definition) is 1. The van der Waals surface area contributed by atoms with Crippen LogP contribution < -0.4 is 0 Å². The first-order valence-electron chi connectivity index (χ1n) is 6.71. The van der Waals surface area contributed by atoms with Crippen LogP contribution in [0.1, 0.15) is 21.6 Å². The van der Waals surface area contributed by atoms with Crippen LogP contribution in [0, 0.1) is 0 Å². The van der Waals surface area contributed by atoms with E-state index in [9.17, 15) is 9.90 Å². The van der Waals surface area contributed by atoms with Gasteiger partial charge in [-0.1, -0.05) is 42.5 Å². The molecular formula is C18H15NO2. The van der Waals surface area contributed by atoms with Crippen LogP contribution in [-0.2, 0) is 7.05 Å². The molecule has 0 aliphatic carbocycles. The van der Waals surface area contributed by atoms with Crippen LogP contribution in [0.3, 0.4) is 0 Å². The summed E-state index contributed by atoms with van der Waals surface area (Å²) in [7, 11) is 2.01. The minimum atomic E-state index is -0.910. The van der Waals surface area contributed by atoms with Crippen LogP contribution in [0.4, 0.5) is 0 Å². The maximum Gasteiger partial charge on any atom is 0.336 e. The van der Waals surface area contributed by atoms with Crippen LogP contribution in [0.15, 0.2) is 54.6 Å². The Kier molecular flexibility index (Phi) is 3.32. The van der Waals surface area contributed by atoms with Crippen molar-refractivity contribution in [1.29, 1.82) is 0 Å². The molecule has 1 N–H and O–H groups in total. The fourth-order valence-corrected chi connectivity index (χ4v) is 2.48. The van der Waals surface area contributed by atoms with Gasteiger partial charge in [0, 0.05) is 23.6 Å². The van der Waals surface area contributed by atoms with Crippen molar-refractivity contribution < 1.29 is 9.90 Å². The lowest BCUT2D eigenvalue weighted by atomic mass is 10.1. The second kappa shape index (κ2) is 5.29. The van der Waals surface area contributed by atoms with Gasteiger partial charge in [-0.2, -0.15) is 0 Å². The summed E-state index contributed by atoms with van der Waals surface area (Å²) in [5.74, 6) is -0.910. The van der Waals surface area contributed by atoms with Crippen LogP contribution in [0.25, 0.3) is 23.1 Å². The zero-order valence-corrected chi connectivity index (χ0v) is 11.7. The molecule has 1 aromatic heterocycles. The second-order valence-electron chi connectivity index (χ2n) is 4.91. The highest BCUT2D eigenvalue weighted by Crippen LogP contribution is 2.20. The van der Waals surface area contributed by atoms with Gasteiger partial charge in [0.15, 0.2) is 0 Å². The number of carboxylic acid groups (broad SMARTS) is 1. The van der Waals surface area contributed by atoms with E-state index in [2.05, 4.69) is 22.8 Å².